The standard InChI is InChI=1S/C23H15ClN2O3S2/c1-12-4-6-13(7-5-12)19-18(20(27)16-3-2-10-30-16)21(28)22(29)26(19)23-25-15-9-8-14(24)11-17(15)31-23/h2-11,19,28H,1H3. The Morgan fingerprint density at radius 1 is 1.16 bits per heavy atom. The molecule has 3 heterocycles. The van der Waals surface area contributed by atoms with Gasteiger partial charge in [0, 0.05) is 5.02 Å². The van der Waals surface area contributed by atoms with Crippen molar-refractivity contribution in [3.63, 3.8) is 0 Å². The number of Topliss-reactive ketones (excluding diaryl/α,β-unsaturated/α-hetero) is 1. The summed E-state index contributed by atoms with van der Waals surface area (Å²) < 4.78 is 0.815. The summed E-state index contributed by atoms with van der Waals surface area (Å²) in [5, 5.41) is 13.5. The van der Waals surface area contributed by atoms with Gasteiger partial charge in [-0.1, -0.05) is 58.8 Å². The first-order chi connectivity index (χ1) is 14.9. The first-order valence-corrected chi connectivity index (χ1v) is 11.5. The summed E-state index contributed by atoms with van der Waals surface area (Å²) in [6, 6.07) is 15.5. The maximum absolute atomic E-state index is 13.3. The fourth-order valence-corrected chi connectivity index (χ4v) is 5.57. The maximum Gasteiger partial charge on any atom is 0.296 e. The van der Waals surface area contributed by atoms with Gasteiger partial charge in [0.25, 0.3) is 5.91 Å². The Balaban J connectivity index is 1.68. The van der Waals surface area contributed by atoms with Gasteiger partial charge in [-0.3, -0.25) is 14.5 Å². The molecule has 2 aromatic heterocycles. The molecule has 154 valence electrons. The Morgan fingerprint density at radius 3 is 2.65 bits per heavy atom. The van der Waals surface area contributed by atoms with Gasteiger partial charge in [0.1, 0.15) is 0 Å². The number of anilines is 1. The van der Waals surface area contributed by atoms with Gasteiger partial charge in [0.05, 0.1) is 26.7 Å². The summed E-state index contributed by atoms with van der Waals surface area (Å²) in [5.74, 6) is -1.55. The van der Waals surface area contributed by atoms with E-state index in [0.29, 0.717) is 20.5 Å². The molecule has 5 nitrogen and oxygen atoms in total. The minimum absolute atomic E-state index is 0.0635. The predicted molar refractivity (Wildman–Crippen MR) is 124 cm³/mol. The lowest BCUT2D eigenvalue weighted by molar-refractivity contribution is -0.117. The highest BCUT2D eigenvalue weighted by molar-refractivity contribution is 7.22. The molecule has 0 aliphatic carbocycles. The Labute approximate surface area is 190 Å². The molecule has 0 radical (unpaired) electrons. The van der Waals surface area contributed by atoms with Gasteiger partial charge in [0.15, 0.2) is 10.9 Å². The van der Waals surface area contributed by atoms with Crippen LogP contribution in [0.25, 0.3) is 10.2 Å². The average molecular weight is 467 g/mol. The van der Waals surface area contributed by atoms with Crippen LogP contribution in [-0.2, 0) is 4.79 Å². The van der Waals surface area contributed by atoms with Crippen molar-refractivity contribution in [1.29, 1.82) is 0 Å². The minimum atomic E-state index is -0.779. The van der Waals surface area contributed by atoms with Crippen molar-refractivity contribution in [2.45, 2.75) is 13.0 Å². The van der Waals surface area contributed by atoms with Gasteiger partial charge in [-0.05, 0) is 42.1 Å². The third-order valence-corrected chi connectivity index (χ3v) is 7.26. The molecule has 0 bridgehead atoms. The predicted octanol–water partition coefficient (Wildman–Crippen LogP) is 6.10. The van der Waals surface area contributed by atoms with Crippen molar-refractivity contribution < 1.29 is 14.7 Å². The van der Waals surface area contributed by atoms with E-state index in [1.807, 2.05) is 31.2 Å². The fraction of sp³-hybridized carbons (Fsp3) is 0.0870. The number of nitrogens with zero attached hydrogens (tertiary/aromatic N) is 2. The fourth-order valence-electron chi connectivity index (χ4n) is 3.63. The van der Waals surface area contributed by atoms with Crippen LogP contribution in [0.3, 0.4) is 0 Å². The molecule has 5 rings (SSSR count). The van der Waals surface area contributed by atoms with E-state index in [0.717, 1.165) is 15.8 Å². The van der Waals surface area contributed by atoms with Gasteiger partial charge >= 0.3 is 0 Å². The first kappa shape index (κ1) is 19.9. The molecule has 1 unspecified atom stereocenters. The monoisotopic (exact) mass is 466 g/mol. The zero-order valence-corrected chi connectivity index (χ0v) is 18.6. The Morgan fingerprint density at radius 2 is 1.94 bits per heavy atom. The van der Waals surface area contributed by atoms with E-state index in [1.165, 1.54) is 27.6 Å². The molecule has 2 aromatic carbocycles. The number of amides is 1. The lowest BCUT2D eigenvalue weighted by Crippen LogP contribution is -2.30. The highest BCUT2D eigenvalue weighted by Gasteiger charge is 2.46. The SMILES string of the molecule is Cc1ccc(C2C(C(=O)c3cccs3)=C(O)C(=O)N2c2nc3ccc(Cl)cc3s2)cc1. The number of hydrogen-bond acceptors (Lipinski definition) is 6. The minimum Gasteiger partial charge on any atom is -0.503 e. The number of thiophene rings is 1. The molecule has 1 N–H and O–H groups in total. The molecule has 0 saturated carbocycles. The molecule has 31 heavy (non-hydrogen) atoms. The van der Waals surface area contributed by atoms with Gasteiger partial charge in [-0.15, -0.1) is 11.3 Å². The van der Waals surface area contributed by atoms with E-state index < -0.39 is 17.7 Å². The van der Waals surface area contributed by atoms with Crippen molar-refractivity contribution in [3.8, 4) is 0 Å². The number of ketones is 1. The zero-order valence-electron chi connectivity index (χ0n) is 16.2. The number of rotatable bonds is 4. The van der Waals surface area contributed by atoms with Crippen molar-refractivity contribution in [2.75, 3.05) is 4.90 Å². The molecule has 1 aliphatic heterocycles. The molecule has 4 aromatic rings. The van der Waals surface area contributed by atoms with Crippen LogP contribution in [0.4, 0.5) is 5.13 Å². The molecular formula is C23H15ClN2O3S2. The average Bonchev–Trinajstić information content (AvgIpc) is 3.47. The van der Waals surface area contributed by atoms with E-state index in [9.17, 15) is 14.7 Å². The number of hydrogen-bond donors (Lipinski definition) is 1. The first-order valence-electron chi connectivity index (χ1n) is 9.41. The third kappa shape index (κ3) is 3.35. The van der Waals surface area contributed by atoms with Gasteiger partial charge in [0.2, 0.25) is 5.78 Å². The van der Waals surface area contributed by atoms with Crippen molar-refractivity contribution in [1.82, 2.24) is 4.98 Å². The van der Waals surface area contributed by atoms with E-state index in [4.69, 9.17) is 11.6 Å². The molecule has 1 amide bonds. The summed E-state index contributed by atoms with van der Waals surface area (Å²) in [6.07, 6.45) is 0. The molecule has 8 heteroatoms. The number of halogens is 1. The van der Waals surface area contributed by atoms with Crippen molar-refractivity contribution >= 4 is 61.3 Å². The van der Waals surface area contributed by atoms with Crippen molar-refractivity contribution in [2.24, 2.45) is 0 Å². The quantitative estimate of drug-likeness (QED) is 0.369. The second-order valence-corrected chi connectivity index (χ2v) is 9.56. The number of carbonyl (C=O) groups excluding carboxylic acids is 2. The Hall–Kier alpha value is -3.00. The highest BCUT2D eigenvalue weighted by atomic mass is 35.5. The van der Waals surface area contributed by atoms with Crippen LogP contribution in [0, 0.1) is 6.92 Å². The van der Waals surface area contributed by atoms with Crippen molar-refractivity contribution in [3.05, 3.63) is 92.3 Å². The molecular weight excluding hydrogens is 452 g/mol. The Kier molecular flexibility index (Phi) is 4.89. The number of aryl methyl sites for hydroxylation is 1. The number of aliphatic hydroxyl groups excluding tert-OH is 1. The third-order valence-electron chi connectivity index (χ3n) is 5.14. The van der Waals surface area contributed by atoms with E-state index in [2.05, 4.69) is 4.98 Å². The molecule has 0 spiro atoms. The number of aliphatic hydroxyl groups is 1. The van der Waals surface area contributed by atoms with Crippen LogP contribution >= 0.6 is 34.3 Å². The summed E-state index contributed by atoms with van der Waals surface area (Å²) >= 11 is 8.67. The lowest BCUT2D eigenvalue weighted by Gasteiger charge is -2.24. The largest absolute Gasteiger partial charge is 0.503 e. The molecule has 1 aliphatic rings. The lowest BCUT2D eigenvalue weighted by atomic mass is 9.95. The number of carbonyl (C=O) groups is 2. The van der Waals surface area contributed by atoms with Crippen LogP contribution in [-0.4, -0.2) is 21.8 Å². The molecule has 0 saturated heterocycles. The highest BCUT2D eigenvalue weighted by Crippen LogP contribution is 2.44. The summed E-state index contributed by atoms with van der Waals surface area (Å²) in [4.78, 5) is 32.9. The number of aromatic nitrogens is 1. The summed E-state index contributed by atoms with van der Waals surface area (Å²) in [6.45, 7) is 1.96. The van der Waals surface area contributed by atoms with Crippen LogP contribution in [0.15, 0.2) is 71.3 Å². The van der Waals surface area contributed by atoms with Gasteiger partial charge in [-0.2, -0.15) is 0 Å². The van der Waals surface area contributed by atoms with Crippen LogP contribution < -0.4 is 4.90 Å². The summed E-state index contributed by atoms with van der Waals surface area (Å²) in [5.41, 5.74) is 2.53. The maximum atomic E-state index is 13.3. The molecule has 1 atom stereocenters. The number of thiazole rings is 1. The second-order valence-electron chi connectivity index (χ2n) is 7.17. The second kappa shape index (κ2) is 7.60. The van der Waals surface area contributed by atoms with Gasteiger partial charge in [-0.25, -0.2) is 4.98 Å². The summed E-state index contributed by atoms with van der Waals surface area (Å²) in [7, 11) is 0. The number of benzene rings is 2. The van der Waals surface area contributed by atoms with Gasteiger partial charge < -0.3 is 5.11 Å². The molecule has 0 fully saturated rings. The van der Waals surface area contributed by atoms with Crippen LogP contribution in [0.1, 0.15) is 26.8 Å². The normalized spacial score (nSPS) is 16.5. The van der Waals surface area contributed by atoms with E-state index in [-0.39, 0.29) is 11.4 Å². The Bertz CT molecular complexity index is 1360. The zero-order chi connectivity index (χ0) is 21.7. The van der Waals surface area contributed by atoms with Crippen LogP contribution in [0.2, 0.25) is 5.02 Å². The van der Waals surface area contributed by atoms with E-state index >= 15 is 0 Å². The van der Waals surface area contributed by atoms with Crippen LogP contribution in [0.5, 0.6) is 0 Å². The topological polar surface area (TPSA) is 70.5 Å². The number of fused-ring (bicyclic) bond motifs is 1. The smallest absolute Gasteiger partial charge is 0.296 e. The van der Waals surface area contributed by atoms with E-state index in [1.54, 1.807) is 35.7 Å².